The van der Waals surface area contributed by atoms with Gasteiger partial charge in [-0.25, -0.2) is 0 Å². The van der Waals surface area contributed by atoms with Gasteiger partial charge in [0, 0.05) is 5.56 Å². The van der Waals surface area contributed by atoms with E-state index in [9.17, 15) is 22.8 Å². The van der Waals surface area contributed by atoms with Gasteiger partial charge in [0.1, 0.15) is 0 Å². The number of alkyl halides is 3. The number of hydrogen-bond acceptors (Lipinski definition) is 4. The Morgan fingerprint density at radius 3 is 1.76 bits per heavy atom. The molecule has 0 heterocycles. The van der Waals surface area contributed by atoms with Gasteiger partial charge in [0.15, 0.2) is 0 Å². The van der Waals surface area contributed by atoms with Crippen molar-refractivity contribution in [3.05, 3.63) is 35.9 Å². The van der Waals surface area contributed by atoms with Gasteiger partial charge >= 0.3 is 18.1 Å². The summed E-state index contributed by atoms with van der Waals surface area (Å²) in [6, 6.07) is 6.94. The molecule has 0 aliphatic carbocycles. The van der Waals surface area contributed by atoms with Crippen molar-refractivity contribution in [1.82, 2.24) is 0 Å². The lowest BCUT2D eigenvalue weighted by Crippen LogP contribution is -2.26. The van der Waals surface area contributed by atoms with Crippen LogP contribution in [0.1, 0.15) is 108 Å². The molecule has 0 N–H and O–H groups in total. The summed E-state index contributed by atoms with van der Waals surface area (Å²) in [5.74, 6) is -1.68. The number of carbonyl (C=O) groups is 2. The highest BCUT2D eigenvalue weighted by molar-refractivity contribution is 5.77. The number of unbranched alkanes of at least 4 members (excludes halogenated alkanes) is 11. The molecule has 0 fully saturated rings. The van der Waals surface area contributed by atoms with Crippen LogP contribution in [0.3, 0.4) is 0 Å². The van der Waals surface area contributed by atoms with Gasteiger partial charge in [0.05, 0.1) is 19.4 Å². The summed E-state index contributed by atoms with van der Waals surface area (Å²) in [5.41, 5.74) is -0.159. The second-order valence-corrected chi connectivity index (χ2v) is 8.43. The average molecular weight is 473 g/mol. The van der Waals surface area contributed by atoms with Crippen molar-refractivity contribution < 1.29 is 32.2 Å². The third-order valence-electron chi connectivity index (χ3n) is 5.44. The molecular formula is C26H39F3O4. The van der Waals surface area contributed by atoms with Crippen LogP contribution < -0.4 is 0 Å². The van der Waals surface area contributed by atoms with Crippen molar-refractivity contribution in [2.24, 2.45) is 0 Å². The van der Waals surface area contributed by atoms with Crippen LogP contribution in [0.25, 0.3) is 0 Å². The molecule has 1 rings (SSSR count). The molecule has 1 aromatic carbocycles. The molecule has 0 spiro atoms. The van der Waals surface area contributed by atoms with Gasteiger partial charge in [-0.1, -0.05) is 108 Å². The van der Waals surface area contributed by atoms with Gasteiger partial charge in [-0.05, 0) is 6.42 Å². The molecule has 0 radical (unpaired) electrons. The standard InChI is InChI=1S/C26H39F3O4/c1-2-3-4-5-6-7-8-9-10-11-12-16-21-32-23(30)19-20-24(31)33-25(26(27,28)29)22-17-14-13-15-18-22/h13-15,17-18,25H,2-12,16,19-21H2,1H3. The maximum absolute atomic E-state index is 13.2. The normalized spacial score (nSPS) is 12.4. The van der Waals surface area contributed by atoms with Crippen LogP contribution in [-0.4, -0.2) is 24.7 Å². The van der Waals surface area contributed by atoms with Gasteiger partial charge < -0.3 is 9.47 Å². The van der Waals surface area contributed by atoms with E-state index < -0.39 is 30.6 Å². The van der Waals surface area contributed by atoms with Crippen LogP contribution in [0.4, 0.5) is 13.2 Å². The SMILES string of the molecule is CCCCCCCCCCCCCCOC(=O)CCC(=O)OC(c1ccccc1)C(F)(F)F. The highest BCUT2D eigenvalue weighted by atomic mass is 19.4. The summed E-state index contributed by atoms with van der Waals surface area (Å²) >= 11 is 0. The molecule has 0 bridgehead atoms. The quantitative estimate of drug-likeness (QED) is 0.161. The molecular weight excluding hydrogens is 433 g/mol. The summed E-state index contributed by atoms with van der Waals surface area (Å²) in [6.07, 6.45) is 6.61. The van der Waals surface area contributed by atoms with Gasteiger partial charge in [-0.15, -0.1) is 0 Å². The summed E-state index contributed by atoms with van der Waals surface area (Å²) < 4.78 is 49.3. The Balaban J connectivity index is 2.07. The Kier molecular flexibility index (Phi) is 15.3. The van der Waals surface area contributed by atoms with Crippen LogP contribution in [-0.2, 0) is 19.1 Å². The lowest BCUT2D eigenvalue weighted by molar-refractivity contribution is -0.224. The molecule has 1 unspecified atom stereocenters. The smallest absolute Gasteiger partial charge is 0.429 e. The van der Waals surface area contributed by atoms with Crippen LogP contribution >= 0.6 is 0 Å². The maximum Gasteiger partial charge on any atom is 0.429 e. The fourth-order valence-corrected chi connectivity index (χ4v) is 3.55. The molecule has 33 heavy (non-hydrogen) atoms. The maximum atomic E-state index is 13.2. The third-order valence-corrected chi connectivity index (χ3v) is 5.44. The van der Waals surface area contributed by atoms with E-state index in [4.69, 9.17) is 4.74 Å². The second kappa shape index (κ2) is 17.4. The Morgan fingerprint density at radius 1 is 0.758 bits per heavy atom. The lowest BCUT2D eigenvalue weighted by atomic mass is 10.1. The largest absolute Gasteiger partial charge is 0.466 e. The highest BCUT2D eigenvalue weighted by Gasteiger charge is 2.44. The van der Waals surface area contributed by atoms with Crippen molar-refractivity contribution in [2.45, 2.75) is 109 Å². The lowest BCUT2D eigenvalue weighted by Gasteiger charge is -2.21. The molecule has 7 heteroatoms. The van der Waals surface area contributed by atoms with Crippen molar-refractivity contribution in [3.8, 4) is 0 Å². The zero-order valence-electron chi connectivity index (χ0n) is 19.8. The van der Waals surface area contributed by atoms with E-state index in [2.05, 4.69) is 11.7 Å². The number of benzene rings is 1. The van der Waals surface area contributed by atoms with E-state index in [1.165, 1.54) is 82.1 Å². The van der Waals surface area contributed by atoms with Crippen molar-refractivity contribution >= 4 is 11.9 Å². The average Bonchev–Trinajstić information content (AvgIpc) is 2.79. The van der Waals surface area contributed by atoms with Gasteiger partial charge in [-0.2, -0.15) is 13.2 Å². The molecule has 0 amide bonds. The second-order valence-electron chi connectivity index (χ2n) is 8.43. The number of hydrogen-bond donors (Lipinski definition) is 0. The summed E-state index contributed by atoms with van der Waals surface area (Å²) in [5, 5.41) is 0. The topological polar surface area (TPSA) is 52.6 Å². The minimum atomic E-state index is -4.73. The first-order valence-electron chi connectivity index (χ1n) is 12.3. The Bertz CT molecular complexity index is 647. The molecule has 1 atom stereocenters. The summed E-state index contributed by atoms with van der Waals surface area (Å²) in [6.45, 7) is 2.49. The summed E-state index contributed by atoms with van der Waals surface area (Å²) in [4.78, 5) is 23.6. The van der Waals surface area contributed by atoms with Gasteiger partial charge in [-0.3, -0.25) is 9.59 Å². The van der Waals surface area contributed by atoms with Crippen LogP contribution in [0.2, 0.25) is 0 Å². The summed E-state index contributed by atoms with van der Waals surface area (Å²) in [7, 11) is 0. The fraction of sp³-hybridized carbons (Fsp3) is 0.692. The molecule has 0 saturated carbocycles. The Morgan fingerprint density at radius 2 is 1.24 bits per heavy atom. The molecule has 4 nitrogen and oxygen atoms in total. The molecule has 0 saturated heterocycles. The minimum absolute atomic E-state index is 0.159. The number of rotatable bonds is 18. The zero-order chi connectivity index (χ0) is 24.4. The minimum Gasteiger partial charge on any atom is -0.466 e. The van der Waals surface area contributed by atoms with Crippen LogP contribution in [0, 0.1) is 0 Å². The fourth-order valence-electron chi connectivity index (χ4n) is 3.55. The third kappa shape index (κ3) is 14.7. The number of carbonyl (C=O) groups excluding carboxylic acids is 2. The van der Waals surface area contributed by atoms with E-state index in [0.717, 1.165) is 19.3 Å². The highest BCUT2D eigenvalue weighted by Crippen LogP contribution is 2.36. The monoisotopic (exact) mass is 472 g/mol. The van der Waals surface area contributed by atoms with E-state index in [1.54, 1.807) is 6.07 Å². The first-order valence-corrected chi connectivity index (χ1v) is 12.3. The van der Waals surface area contributed by atoms with Crippen LogP contribution in [0.5, 0.6) is 0 Å². The molecule has 188 valence electrons. The Hall–Kier alpha value is -2.05. The molecule has 1 aromatic rings. The van der Waals surface area contributed by atoms with Crippen LogP contribution in [0.15, 0.2) is 30.3 Å². The van der Waals surface area contributed by atoms with Crippen molar-refractivity contribution in [3.63, 3.8) is 0 Å². The first kappa shape index (κ1) is 29.0. The molecule has 0 aliphatic rings. The predicted octanol–water partition coefficient (Wildman–Crippen LogP) is 7.86. The first-order chi connectivity index (χ1) is 15.8. The van der Waals surface area contributed by atoms with E-state index in [0.29, 0.717) is 0 Å². The van der Waals surface area contributed by atoms with Gasteiger partial charge in [0.2, 0.25) is 6.10 Å². The number of halogens is 3. The van der Waals surface area contributed by atoms with Crippen molar-refractivity contribution in [1.29, 1.82) is 0 Å². The van der Waals surface area contributed by atoms with E-state index in [-0.39, 0.29) is 18.6 Å². The van der Waals surface area contributed by atoms with Gasteiger partial charge in [0.25, 0.3) is 0 Å². The molecule has 0 aliphatic heterocycles. The number of esters is 2. The van der Waals surface area contributed by atoms with Crippen molar-refractivity contribution in [2.75, 3.05) is 6.61 Å². The molecule has 0 aromatic heterocycles. The Labute approximate surface area is 196 Å². The van der Waals surface area contributed by atoms with E-state index >= 15 is 0 Å². The zero-order valence-corrected chi connectivity index (χ0v) is 19.8. The predicted molar refractivity (Wildman–Crippen MR) is 123 cm³/mol. The van der Waals surface area contributed by atoms with E-state index in [1.807, 2.05) is 0 Å². The number of ether oxygens (including phenoxy) is 2.